The Labute approximate surface area is 128 Å². The van der Waals surface area contributed by atoms with Crippen LogP contribution in [0.4, 0.5) is 0 Å². The SMILES string of the molecule is CCC1CC2CCCC(NS(=O)(=O)c3ccccc3)(C1)C2. The minimum Gasteiger partial charge on any atom is -0.207 e. The Hall–Kier alpha value is -0.870. The molecule has 2 fully saturated rings. The zero-order valence-electron chi connectivity index (χ0n) is 12.7. The number of hydrogen-bond acceptors (Lipinski definition) is 2. The first-order valence-electron chi connectivity index (χ1n) is 8.12. The zero-order valence-corrected chi connectivity index (χ0v) is 13.5. The summed E-state index contributed by atoms with van der Waals surface area (Å²) in [4.78, 5) is 0.389. The monoisotopic (exact) mass is 307 g/mol. The normalized spacial score (nSPS) is 32.8. The van der Waals surface area contributed by atoms with E-state index in [1.54, 1.807) is 24.3 Å². The number of nitrogens with one attached hydrogen (secondary N) is 1. The van der Waals surface area contributed by atoms with Crippen LogP contribution in [0.1, 0.15) is 51.9 Å². The van der Waals surface area contributed by atoms with Gasteiger partial charge in [-0.05, 0) is 49.7 Å². The first kappa shape index (κ1) is 15.0. The largest absolute Gasteiger partial charge is 0.241 e. The summed E-state index contributed by atoms with van der Waals surface area (Å²) < 4.78 is 28.5. The second-order valence-electron chi connectivity index (χ2n) is 6.88. The first-order valence-corrected chi connectivity index (χ1v) is 9.60. The molecule has 2 aliphatic carbocycles. The van der Waals surface area contributed by atoms with E-state index in [-0.39, 0.29) is 5.54 Å². The Kier molecular flexibility index (Phi) is 4.10. The van der Waals surface area contributed by atoms with Gasteiger partial charge >= 0.3 is 0 Å². The number of hydrogen-bond donors (Lipinski definition) is 1. The van der Waals surface area contributed by atoms with Crippen LogP contribution in [0.3, 0.4) is 0 Å². The average Bonchev–Trinajstić information content (AvgIpc) is 2.46. The third-order valence-corrected chi connectivity index (χ3v) is 6.87. The first-order chi connectivity index (χ1) is 10.0. The third-order valence-electron chi connectivity index (χ3n) is 5.27. The molecule has 4 heteroatoms. The van der Waals surface area contributed by atoms with Crippen molar-refractivity contribution in [3.63, 3.8) is 0 Å². The molecule has 2 saturated carbocycles. The molecule has 3 atom stereocenters. The molecule has 0 amide bonds. The molecule has 2 bridgehead atoms. The van der Waals surface area contributed by atoms with Crippen LogP contribution in [0.5, 0.6) is 0 Å². The number of fused-ring (bicyclic) bond motifs is 2. The van der Waals surface area contributed by atoms with Gasteiger partial charge in [-0.25, -0.2) is 13.1 Å². The maximum atomic E-state index is 12.7. The van der Waals surface area contributed by atoms with Crippen molar-refractivity contribution in [3.8, 4) is 0 Å². The second-order valence-corrected chi connectivity index (χ2v) is 8.56. The molecule has 1 aromatic rings. The Morgan fingerprint density at radius 2 is 2.00 bits per heavy atom. The van der Waals surface area contributed by atoms with E-state index in [2.05, 4.69) is 11.6 Å². The second kappa shape index (κ2) is 5.73. The molecule has 3 nitrogen and oxygen atoms in total. The zero-order chi connectivity index (χ0) is 14.9. The van der Waals surface area contributed by atoms with Crippen molar-refractivity contribution < 1.29 is 8.42 Å². The number of sulfonamides is 1. The van der Waals surface area contributed by atoms with E-state index in [1.165, 1.54) is 12.8 Å². The summed E-state index contributed by atoms with van der Waals surface area (Å²) in [6.45, 7) is 2.23. The molecule has 0 aromatic heterocycles. The van der Waals surface area contributed by atoms with Gasteiger partial charge in [-0.15, -0.1) is 0 Å². The smallest absolute Gasteiger partial charge is 0.207 e. The quantitative estimate of drug-likeness (QED) is 0.921. The van der Waals surface area contributed by atoms with Gasteiger partial charge in [-0.3, -0.25) is 0 Å². The van der Waals surface area contributed by atoms with Gasteiger partial charge < -0.3 is 0 Å². The summed E-state index contributed by atoms with van der Waals surface area (Å²) in [6, 6.07) is 8.78. The fourth-order valence-electron chi connectivity index (χ4n) is 4.37. The van der Waals surface area contributed by atoms with Gasteiger partial charge in [-0.2, -0.15) is 0 Å². The van der Waals surface area contributed by atoms with Crippen molar-refractivity contribution in [2.45, 2.75) is 62.3 Å². The lowest BCUT2D eigenvalue weighted by Crippen LogP contribution is -2.54. The van der Waals surface area contributed by atoms with Crippen LogP contribution in [0.25, 0.3) is 0 Å². The van der Waals surface area contributed by atoms with E-state index in [9.17, 15) is 8.42 Å². The topological polar surface area (TPSA) is 46.2 Å². The number of benzene rings is 1. The van der Waals surface area contributed by atoms with Gasteiger partial charge in [0.2, 0.25) is 10.0 Å². The molecule has 2 aliphatic rings. The summed E-state index contributed by atoms with van der Waals surface area (Å²) >= 11 is 0. The Morgan fingerprint density at radius 3 is 2.71 bits per heavy atom. The van der Waals surface area contributed by atoms with E-state index < -0.39 is 10.0 Å². The van der Waals surface area contributed by atoms with E-state index in [0.717, 1.165) is 32.1 Å². The summed E-state index contributed by atoms with van der Waals surface area (Å²) in [5.74, 6) is 1.37. The Morgan fingerprint density at radius 1 is 1.24 bits per heavy atom. The molecule has 0 heterocycles. The van der Waals surface area contributed by atoms with Crippen LogP contribution in [0, 0.1) is 11.8 Å². The fourth-order valence-corrected chi connectivity index (χ4v) is 5.84. The highest BCUT2D eigenvalue weighted by molar-refractivity contribution is 7.89. The number of rotatable bonds is 4. The predicted molar refractivity (Wildman–Crippen MR) is 84.5 cm³/mol. The van der Waals surface area contributed by atoms with Crippen molar-refractivity contribution in [1.29, 1.82) is 0 Å². The summed E-state index contributed by atoms with van der Waals surface area (Å²) in [7, 11) is -3.40. The minimum atomic E-state index is -3.40. The van der Waals surface area contributed by atoms with Crippen molar-refractivity contribution in [2.75, 3.05) is 0 Å². The molecule has 0 aliphatic heterocycles. The lowest BCUT2D eigenvalue weighted by molar-refractivity contribution is 0.0935. The van der Waals surface area contributed by atoms with Crippen molar-refractivity contribution in [2.24, 2.45) is 11.8 Å². The van der Waals surface area contributed by atoms with Gasteiger partial charge in [0, 0.05) is 5.54 Å². The molecule has 0 spiro atoms. The van der Waals surface area contributed by atoms with Gasteiger partial charge in [0.25, 0.3) is 0 Å². The molecule has 21 heavy (non-hydrogen) atoms. The molecular formula is C17H25NO2S. The van der Waals surface area contributed by atoms with Gasteiger partial charge in [-0.1, -0.05) is 44.4 Å². The molecule has 0 saturated heterocycles. The fraction of sp³-hybridized carbons (Fsp3) is 0.647. The minimum absolute atomic E-state index is 0.198. The van der Waals surface area contributed by atoms with Gasteiger partial charge in [0.1, 0.15) is 0 Å². The van der Waals surface area contributed by atoms with E-state index in [1.807, 2.05) is 6.07 Å². The summed E-state index contributed by atoms with van der Waals surface area (Å²) in [5, 5.41) is 0. The van der Waals surface area contributed by atoms with Crippen LogP contribution in [-0.2, 0) is 10.0 Å². The van der Waals surface area contributed by atoms with Crippen LogP contribution >= 0.6 is 0 Å². The van der Waals surface area contributed by atoms with E-state index in [4.69, 9.17) is 0 Å². The molecule has 3 rings (SSSR count). The standard InChI is InChI=1S/C17H25NO2S/c1-2-14-11-15-7-6-10-17(12-14,13-15)18-21(19,20)16-8-4-3-5-9-16/h3-5,8-9,14-15,18H,2,6-7,10-13H2,1H3. The molecular weight excluding hydrogens is 282 g/mol. The van der Waals surface area contributed by atoms with Crippen LogP contribution in [0.2, 0.25) is 0 Å². The van der Waals surface area contributed by atoms with Crippen molar-refractivity contribution in [1.82, 2.24) is 4.72 Å². The predicted octanol–water partition coefficient (Wildman–Crippen LogP) is 3.71. The van der Waals surface area contributed by atoms with Gasteiger partial charge in [0.05, 0.1) is 4.90 Å². The van der Waals surface area contributed by atoms with Crippen molar-refractivity contribution in [3.05, 3.63) is 30.3 Å². The molecule has 116 valence electrons. The van der Waals surface area contributed by atoms with Crippen LogP contribution in [-0.4, -0.2) is 14.0 Å². The molecule has 1 N–H and O–H groups in total. The van der Waals surface area contributed by atoms with Gasteiger partial charge in [0.15, 0.2) is 0 Å². The Bertz CT molecular complexity index is 584. The highest BCUT2D eigenvalue weighted by Crippen LogP contribution is 2.46. The van der Waals surface area contributed by atoms with E-state index in [0.29, 0.717) is 16.7 Å². The molecule has 3 unspecified atom stereocenters. The highest BCUT2D eigenvalue weighted by atomic mass is 32.2. The highest BCUT2D eigenvalue weighted by Gasteiger charge is 2.44. The summed E-state index contributed by atoms with van der Waals surface area (Å²) in [6.07, 6.45) is 7.88. The third kappa shape index (κ3) is 3.16. The maximum Gasteiger partial charge on any atom is 0.241 e. The summed E-state index contributed by atoms with van der Waals surface area (Å²) in [5.41, 5.74) is -0.198. The molecule has 1 aromatic carbocycles. The molecule has 0 radical (unpaired) electrons. The van der Waals surface area contributed by atoms with E-state index >= 15 is 0 Å². The average molecular weight is 307 g/mol. The lowest BCUT2D eigenvalue weighted by Gasteiger charge is -2.48. The maximum absolute atomic E-state index is 12.7. The lowest BCUT2D eigenvalue weighted by atomic mass is 9.63. The van der Waals surface area contributed by atoms with Crippen LogP contribution in [0.15, 0.2) is 35.2 Å². The van der Waals surface area contributed by atoms with Crippen molar-refractivity contribution >= 4 is 10.0 Å². The Balaban J connectivity index is 1.85. The van der Waals surface area contributed by atoms with Crippen LogP contribution < -0.4 is 4.72 Å².